The Morgan fingerprint density at radius 2 is 2.12 bits per heavy atom. The van der Waals surface area contributed by atoms with Gasteiger partial charge >= 0.3 is 5.97 Å². The lowest BCUT2D eigenvalue weighted by Crippen LogP contribution is -2.00. The summed E-state index contributed by atoms with van der Waals surface area (Å²) in [5, 5.41) is 9.76. The maximum absolute atomic E-state index is 11.0. The molecule has 0 aliphatic rings. The van der Waals surface area contributed by atoms with Gasteiger partial charge in [-0.1, -0.05) is 36.4 Å². The Morgan fingerprint density at radius 1 is 1.44 bits per heavy atom. The Labute approximate surface area is 95.4 Å². The summed E-state index contributed by atoms with van der Waals surface area (Å²) >= 11 is 0. The number of benzene rings is 1. The summed E-state index contributed by atoms with van der Waals surface area (Å²) in [6, 6.07) is 9.33. The average molecular weight is 220 g/mol. The van der Waals surface area contributed by atoms with Gasteiger partial charge in [-0.2, -0.15) is 0 Å². The number of rotatable bonds is 5. The van der Waals surface area contributed by atoms with E-state index in [-0.39, 0.29) is 5.97 Å². The van der Waals surface area contributed by atoms with Gasteiger partial charge in [-0.15, -0.1) is 0 Å². The zero-order valence-corrected chi connectivity index (χ0v) is 9.30. The van der Waals surface area contributed by atoms with Gasteiger partial charge in [-0.25, -0.2) is 4.79 Å². The van der Waals surface area contributed by atoms with E-state index in [0.717, 1.165) is 5.56 Å². The molecule has 86 valence electrons. The van der Waals surface area contributed by atoms with Crippen LogP contribution in [0.5, 0.6) is 0 Å². The Balaban J connectivity index is 2.41. The van der Waals surface area contributed by atoms with E-state index in [1.54, 1.807) is 13.0 Å². The molecule has 1 aromatic carbocycles. The number of hydrogen-bond donors (Lipinski definition) is 1. The normalized spacial score (nSPS) is 12.6. The van der Waals surface area contributed by atoms with E-state index in [4.69, 9.17) is 4.74 Å². The van der Waals surface area contributed by atoms with Crippen LogP contribution >= 0.6 is 0 Å². The van der Waals surface area contributed by atoms with Crippen LogP contribution in [0.3, 0.4) is 0 Å². The highest BCUT2D eigenvalue weighted by Crippen LogP contribution is 2.15. The van der Waals surface area contributed by atoms with Crippen molar-refractivity contribution in [3.63, 3.8) is 0 Å². The van der Waals surface area contributed by atoms with Crippen LogP contribution in [0.4, 0.5) is 0 Å². The lowest BCUT2D eigenvalue weighted by Gasteiger charge is -2.07. The Hall–Kier alpha value is -1.61. The van der Waals surface area contributed by atoms with E-state index >= 15 is 0 Å². The van der Waals surface area contributed by atoms with Crippen molar-refractivity contribution in [1.82, 2.24) is 0 Å². The fraction of sp³-hybridized carbons (Fsp3) is 0.308. The van der Waals surface area contributed by atoms with Crippen molar-refractivity contribution in [2.24, 2.45) is 0 Å². The third-order valence-corrected chi connectivity index (χ3v) is 2.08. The molecule has 0 spiro atoms. The largest absolute Gasteiger partial charge is 0.463 e. The zero-order valence-electron chi connectivity index (χ0n) is 9.30. The second kappa shape index (κ2) is 6.80. The first-order chi connectivity index (χ1) is 7.74. The van der Waals surface area contributed by atoms with Gasteiger partial charge in [0.2, 0.25) is 0 Å². The molecular formula is C13H16O3. The van der Waals surface area contributed by atoms with Gasteiger partial charge in [0.25, 0.3) is 0 Å². The molecule has 0 saturated heterocycles. The number of hydrogen-bond acceptors (Lipinski definition) is 3. The van der Waals surface area contributed by atoms with Crippen molar-refractivity contribution in [3.8, 4) is 0 Å². The van der Waals surface area contributed by atoms with Crippen LogP contribution in [0.25, 0.3) is 0 Å². The molecule has 0 aromatic heterocycles. The molecule has 0 bridgehead atoms. The summed E-state index contributed by atoms with van der Waals surface area (Å²) < 4.78 is 4.72. The number of carbonyl (C=O) groups excluding carboxylic acids is 1. The van der Waals surface area contributed by atoms with Crippen LogP contribution in [-0.2, 0) is 9.53 Å². The van der Waals surface area contributed by atoms with Gasteiger partial charge in [-0.3, -0.25) is 0 Å². The molecular weight excluding hydrogens is 204 g/mol. The summed E-state index contributed by atoms with van der Waals surface area (Å²) in [7, 11) is 0. The summed E-state index contributed by atoms with van der Waals surface area (Å²) in [6.45, 7) is 2.12. The lowest BCUT2D eigenvalue weighted by molar-refractivity contribution is -0.137. The smallest absolute Gasteiger partial charge is 0.330 e. The number of carbonyl (C=O) groups is 1. The molecule has 0 aliphatic heterocycles. The predicted octanol–water partition coefficient (Wildman–Crippen LogP) is 2.23. The zero-order chi connectivity index (χ0) is 11.8. The van der Waals surface area contributed by atoms with Crippen LogP contribution in [0.2, 0.25) is 0 Å². The Morgan fingerprint density at radius 3 is 2.75 bits per heavy atom. The minimum atomic E-state index is -0.577. The van der Waals surface area contributed by atoms with E-state index in [0.29, 0.717) is 13.0 Å². The van der Waals surface area contributed by atoms with Gasteiger partial charge in [0.05, 0.1) is 12.7 Å². The second-order valence-corrected chi connectivity index (χ2v) is 3.32. The van der Waals surface area contributed by atoms with Gasteiger partial charge in [0, 0.05) is 6.08 Å². The number of aliphatic hydroxyl groups is 1. The van der Waals surface area contributed by atoms with E-state index in [1.807, 2.05) is 30.3 Å². The Bertz CT molecular complexity index is 343. The topological polar surface area (TPSA) is 46.5 Å². The standard InChI is InChI=1S/C13H16O3/c1-2-16-13(15)10-6-9-12(14)11-7-4-3-5-8-11/h3-8,10,12,14H,2,9H2,1H3/b10-6+. The summed E-state index contributed by atoms with van der Waals surface area (Å²) in [6.07, 6.45) is 2.79. The third-order valence-electron chi connectivity index (χ3n) is 2.08. The second-order valence-electron chi connectivity index (χ2n) is 3.32. The molecule has 3 heteroatoms. The number of esters is 1. The van der Waals surface area contributed by atoms with E-state index in [2.05, 4.69) is 0 Å². The molecule has 3 nitrogen and oxygen atoms in total. The van der Waals surface area contributed by atoms with Gasteiger partial charge < -0.3 is 9.84 Å². The number of ether oxygens (including phenoxy) is 1. The fourth-order valence-electron chi connectivity index (χ4n) is 1.29. The van der Waals surface area contributed by atoms with Gasteiger partial charge in [0.15, 0.2) is 0 Å². The Kier molecular flexibility index (Phi) is 5.29. The van der Waals surface area contributed by atoms with Crippen LogP contribution < -0.4 is 0 Å². The SMILES string of the molecule is CCOC(=O)/C=C/CC(O)c1ccccc1. The van der Waals surface area contributed by atoms with E-state index in [1.165, 1.54) is 6.08 Å². The number of aliphatic hydroxyl groups excluding tert-OH is 1. The summed E-state index contributed by atoms with van der Waals surface area (Å²) in [4.78, 5) is 11.0. The molecule has 1 unspecified atom stereocenters. The molecule has 0 fully saturated rings. The molecule has 16 heavy (non-hydrogen) atoms. The molecule has 0 aliphatic carbocycles. The highest BCUT2D eigenvalue weighted by molar-refractivity contribution is 5.81. The van der Waals surface area contributed by atoms with Gasteiger partial charge in [0.1, 0.15) is 0 Å². The first kappa shape index (κ1) is 12.5. The summed E-state index contributed by atoms with van der Waals surface area (Å²) in [5.41, 5.74) is 0.844. The first-order valence-corrected chi connectivity index (χ1v) is 5.30. The van der Waals surface area contributed by atoms with Crippen molar-refractivity contribution >= 4 is 5.97 Å². The minimum absolute atomic E-state index is 0.365. The molecule has 1 rings (SSSR count). The molecule has 0 saturated carbocycles. The highest BCUT2D eigenvalue weighted by Gasteiger charge is 2.04. The third kappa shape index (κ3) is 4.28. The quantitative estimate of drug-likeness (QED) is 0.611. The van der Waals surface area contributed by atoms with Crippen molar-refractivity contribution in [2.75, 3.05) is 6.61 Å². The maximum Gasteiger partial charge on any atom is 0.330 e. The maximum atomic E-state index is 11.0. The van der Waals surface area contributed by atoms with Crippen LogP contribution in [-0.4, -0.2) is 17.7 Å². The molecule has 0 heterocycles. The van der Waals surface area contributed by atoms with Crippen molar-refractivity contribution < 1.29 is 14.6 Å². The van der Waals surface area contributed by atoms with Crippen molar-refractivity contribution in [3.05, 3.63) is 48.0 Å². The average Bonchev–Trinajstić information content (AvgIpc) is 2.30. The molecule has 0 radical (unpaired) electrons. The molecule has 1 aromatic rings. The van der Waals surface area contributed by atoms with Crippen LogP contribution in [0.1, 0.15) is 25.0 Å². The molecule has 0 amide bonds. The summed E-state index contributed by atoms with van der Waals surface area (Å²) in [5.74, 6) is -0.372. The predicted molar refractivity (Wildman–Crippen MR) is 61.8 cm³/mol. The first-order valence-electron chi connectivity index (χ1n) is 5.30. The van der Waals surface area contributed by atoms with Crippen LogP contribution in [0, 0.1) is 0 Å². The minimum Gasteiger partial charge on any atom is -0.463 e. The van der Waals surface area contributed by atoms with Crippen LogP contribution in [0.15, 0.2) is 42.5 Å². The highest BCUT2D eigenvalue weighted by atomic mass is 16.5. The van der Waals surface area contributed by atoms with Crippen molar-refractivity contribution in [2.45, 2.75) is 19.4 Å². The van der Waals surface area contributed by atoms with E-state index in [9.17, 15) is 9.90 Å². The van der Waals surface area contributed by atoms with Gasteiger partial charge in [-0.05, 0) is 18.9 Å². The molecule has 1 N–H and O–H groups in total. The van der Waals surface area contributed by atoms with Crippen molar-refractivity contribution in [1.29, 1.82) is 0 Å². The monoisotopic (exact) mass is 220 g/mol. The lowest BCUT2D eigenvalue weighted by atomic mass is 10.1. The molecule has 1 atom stereocenters. The fourth-order valence-corrected chi connectivity index (χ4v) is 1.29. The van der Waals surface area contributed by atoms with E-state index < -0.39 is 6.10 Å².